The molecule has 6 nitrogen and oxygen atoms in total. The Morgan fingerprint density at radius 3 is 2.59 bits per heavy atom. The molecule has 6 heteroatoms. The number of rotatable bonds is 5. The van der Waals surface area contributed by atoms with Crippen molar-refractivity contribution in [3.63, 3.8) is 0 Å². The van der Waals surface area contributed by atoms with Crippen LogP contribution >= 0.6 is 0 Å². The summed E-state index contributed by atoms with van der Waals surface area (Å²) >= 11 is 0. The molecule has 2 heterocycles. The molecule has 1 N–H and O–H groups in total. The molecule has 0 aliphatic rings. The molecular formula is C21H17N3O3. The van der Waals surface area contributed by atoms with Gasteiger partial charge in [0.15, 0.2) is 0 Å². The third kappa shape index (κ3) is 3.79. The van der Waals surface area contributed by atoms with E-state index < -0.39 is 0 Å². The van der Waals surface area contributed by atoms with Gasteiger partial charge in [-0.2, -0.15) is 4.98 Å². The zero-order valence-corrected chi connectivity index (χ0v) is 14.7. The normalized spacial score (nSPS) is 10.7. The highest BCUT2D eigenvalue weighted by atomic mass is 16.5. The maximum absolute atomic E-state index is 12.4. The molecule has 0 fully saturated rings. The average Bonchev–Trinajstić information content (AvgIpc) is 3.36. The van der Waals surface area contributed by atoms with Crippen molar-refractivity contribution in [2.75, 3.05) is 0 Å². The number of furan rings is 1. The van der Waals surface area contributed by atoms with Crippen LogP contribution in [-0.2, 0) is 6.54 Å². The van der Waals surface area contributed by atoms with Crippen LogP contribution in [0.3, 0.4) is 0 Å². The van der Waals surface area contributed by atoms with E-state index in [4.69, 9.17) is 8.94 Å². The van der Waals surface area contributed by atoms with Crippen LogP contribution in [0.1, 0.15) is 21.9 Å². The SMILES string of the molecule is Cc1ccc(CNC(=O)c2cccc(-c3nc(-c4ccccc4)no3)c2)o1. The molecule has 0 radical (unpaired) electrons. The van der Waals surface area contributed by atoms with Gasteiger partial charge < -0.3 is 14.3 Å². The standard InChI is InChI=1S/C21H17N3O3/c1-14-10-11-18(26-14)13-22-20(25)16-8-5-9-17(12-16)21-23-19(24-27-21)15-6-3-2-4-7-15/h2-12H,13H2,1H3,(H,22,25). The lowest BCUT2D eigenvalue weighted by molar-refractivity contribution is 0.0948. The van der Waals surface area contributed by atoms with Gasteiger partial charge in [0.2, 0.25) is 5.82 Å². The van der Waals surface area contributed by atoms with Crippen LogP contribution in [0, 0.1) is 6.92 Å². The van der Waals surface area contributed by atoms with E-state index in [0.717, 1.165) is 11.3 Å². The second kappa shape index (κ2) is 7.29. The predicted molar refractivity (Wildman–Crippen MR) is 99.8 cm³/mol. The Hall–Kier alpha value is -3.67. The quantitative estimate of drug-likeness (QED) is 0.576. The van der Waals surface area contributed by atoms with Crippen molar-refractivity contribution in [2.24, 2.45) is 0 Å². The second-order valence-corrected chi connectivity index (χ2v) is 6.07. The van der Waals surface area contributed by atoms with Crippen LogP contribution in [0.5, 0.6) is 0 Å². The lowest BCUT2D eigenvalue weighted by Crippen LogP contribution is -2.22. The first-order chi connectivity index (χ1) is 13.2. The third-order valence-corrected chi connectivity index (χ3v) is 4.05. The Bertz CT molecular complexity index is 1070. The minimum Gasteiger partial charge on any atom is -0.465 e. The molecule has 0 spiro atoms. The van der Waals surface area contributed by atoms with Crippen LogP contribution in [0.2, 0.25) is 0 Å². The summed E-state index contributed by atoms with van der Waals surface area (Å²) < 4.78 is 10.8. The van der Waals surface area contributed by atoms with Crippen molar-refractivity contribution in [3.8, 4) is 22.8 Å². The first kappa shape index (κ1) is 16.8. The molecule has 0 atom stereocenters. The molecule has 2 aromatic heterocycles. The predicted octanol–water partition coefficient (Wildman–Crippen LogP) is 4.24. The van der Waals surface area contributed by atoms with E-state index >= 15 is 0 Å². The van der Waals surface area contributed by atoms with Gasteiger partial charge in [0.05, 0.1) is 6.54 Å². The molecule has 2 aromatic carbocycles. The molecule has 0 aliphatic heterocycles. The molecule has 0 bridgehead atoms. The van der Waals surface area contributed by atoms with E-state index in [1.807, 2.05) is 55.5 Å². The molecule has 4 rings (SSSR count). The molecule has 0 aliphatic carbocycles. The van der Waals surface area contributed by atoms with Gasteiger partial charge in [-0.15, -0.1) is 0 Å². The van der Waals surface area contributed by atoms with Crippen molar-refractivity contribution in [1.29, 1.82) is 0 Å². The molecule has 27 heavy (non-hydrogen) atoms. The van der Waals surface area contributed by atoms with E-state index in [0.29, 0.717) is 35.1 Å². The minimum absolute atomic E-state index is 0.200. The number of benzene rings is 2. The largest absolute Gasteiger partial charge is 0.465 e. The van der Waals surface area contributed by atoms with Crippen LogP contribution in [0.4, 0.5) is 0 Å². The summed E-state index contributed by atoms with van der Waals surface area (Å²) in [5.74, 6) is 2.20. The van der Waals surface area contributed by atoms with Gasteiger partial charge in [0.1, 0.15) is 11.5 Å². The zero-order chi connectivity index (χ0) is 18.6. The van der Waals surface area contributed by atoms with E-state index in [2.05, 4.69) is 15.5 Å². The lowest BCUT2D eigenvalue weighted by atomic mass is 10.1. The summed E-state index contributed by atoms with van der Waals surface area (Å²) in [7, 11) is 0. The van der Waals surface area contributed by atoms with Crippen molar-refractivity contribution < 1.29 is 13.7 Å². The third-order valence-electron chi connectivity index (χ3n) is 4.05. The van der Waals surface area contributed by atoms with Crippen LogP contribution in [0.25, 0.3) is 22.8 Å². The lowest BCUT2D eigenvalue weighted by Gasteiger charge is -2.04. The Morgan fingerprint density at radius 1 is 1.00 bits per heavy atom. The smallest absolute Gasteiger partial charge is 0.258 e. The molecule has 0 unspecified atom stereocenters. The number of carbonyl (C=O) groups is 1. The van der Waals surface area contributed by atoms with Gasteiger partial charge in [0.25, 0.3) is 11.8 Å². The first-order valence-electron chi connectivity index (χ1n) is 8.52. The highest BCUT2D eigenvalue weighted by molar-refractivity contribution is 5.95. The van der Waals surface area contributed by atoms with Crippen LogP contribution in [0.15, 0.2) is 75.7 Å². The Morgan fingerprint density at radius 2 is 1.81 bits per heavy atom. The van der Waals surface area contributed by atoms with Crippen molar-refractivity contribution in [3.05, 3.63) is 83.8 Å². The molecule has 4 aromatic rings. The number of nitrogens with one attached hydrogen (secondary N) is 1. The maximum atomic E-state index is 12.4. The molecular weight excluding hydrogens is 342 g/mol. The van der Waals surface area contributed by atoms with Crippen LogP contribution < -0.4 is 5.32 Å². The summed E-state index contributed by atoms with van der Waals surface area (Å²) in [5, 5.41) is 6.86. The van der Waals surface area contributed by atoms with E-state index in [-0.39, 0.29) is 5.91 Å². The number of aromatic nitrogens is 2. The van der Waals surface area contributed by atoms with Crippen molar-refractivity contribution in [2.45, 2.75) is 13.5 Å². The van der Waals surface area contributed by atoms with Crippen LogP contribution in [-0.4, -0.2) is 16.0 Å². The number of nitrogens with zero attached hydrogens (tertiary/aromatic N) is 2. The van der Waals surface area contributed by atoms with Gasteiger partial charge in [-0.3, -0.25) is 4.79 Å². The monoisotopic (exact) mass is 359 g/mol. The van der Waals surface area contributed by atoms with Gasteiger partial charge in [-0.1, -0.05) is 41.6 Å². The summed E-state index contributed by atoms with van der Waals surface area (Å²) in [4.78, 5) is 16.8. The summed E-state index contributed by atoms with van der Waals surface area (Å²) in [6, 6.07) is 20.4. The number of hydrogen-bond acceptors (Lipinski definition) is 5. The van der Waals surface area contributed by atoms with Gasteiger partial charge in [-0.05, 0) is 37.3 Å². The van der Waals surface area contributed by atoms with E-state index in [1.165, 1.54) is 0 Å². The highest BCUT2D eigenvalue weighted by Crippen LogP contribution is 2.22. The number of aryl methyl sites for hydroxylation is 1. The zero-order valence-electron chi connectivity index (χ0n) is 14.7. The highest BCUT2D eigenvalue weighted by Gasteiger charge is 2.13. The fraction of sp³-hybridized carbons (Fsp3) is 0.0952. The van der Waals surface area contributed by atoms with Crippen molar-refractivity contribution >= 4 is 5.91 Å². The van der Waals surface area contributed by atoms with E-state index in [9.17, 15) is 4.79 Å². The molecule has 134 valence electrons. The number of amides is 1. The van der Waals surface area contributed by atoms with Crippen molar-refractivity contribution in [1.82, 2.24) is 15.5 Å². The fourth-order valence-electron chi connectivity index (χ4n) is 2.69. The Labute approximate surface area is 155 Å². The number of hydrogen-bond donors (Lipinski definition) is 1. The molecule has 1 amide bonds. The minimum atomic E-state index is -0.200. The molecule has 0 saturated carbocycles. The average molecular weight is 359 g/mol. The first-order valence-corrected chi connectivity index (χ1v) is 8.52. The number of carbonyl (C=O) groups excluding carboxylic acids is 1. The van der Waals surface area contributed by atoms with Gasteiger partial charge >= 0.3 is 0 Å². The summed E-state index contributed by atoms with van der Waals surface area (Å²) in [6.07, 6.45) is 0. The fourth-order valence-corrected chi connectivity index (χ4v) is 2.69. The summed E-state index contributed by atoms with van der Waals surface area (Å²) in [5.41, 5.74) is 2.07. The van der Waals surface area contributed by atoms with Gasteiger partial charge in [0, 0.05) is 16.7 Å². The topological polar surface area (TPSA) is 81.2 Å². The van der Waals surface area contributed by atoms with Gasteiger partial charge in [-0.25, -0.2) is 0 Å². The Balaban J connectivity index is 1.50. The Kier molecular flexibility index (Phi) is 4.53. The van der Waals surface area contributed by atoms with E-state index in [1.54, 1.807) is 18.2 Å². The second-order valence-electron chi connectivity index (χ2n) is 6.07. The molecule has 0 saturated heterocycles. The summed E-state index contributed by atoms with van der Waals surface area (Å²) in [6.45, 7) is 2.19. The maximum Gasteiger partial charge on any atom is 0.258 e.